The van der Waals surface area contributed by atoms with Crippen molar-refractivity contribution < 1.29 is 19.7 Å². The first-order valence-electron chi connectivity index (χ1n) is 16.0. The average Bonchev–Trinajstić information content (AvgIpc) is 3.38. The predicted octanol–water partition coefficient (Wildman–Crippen LogP) is 7.51. The second kappa shape index (κ2) is 15.0. The number of hydrogen-bond acceptors (Lipinski definition) is 5. The van der Waals surface area contributed by atoms with E-state index in [2.05, 4.69) is 36.6 Å². The van der Waals surface area contributed by atoms with Gasteiger partial charge in [-0.25, -0.2) is 4.99 Å². The molecular weight excluding hydrogens is 522 g/mol. The molecule has 3 unspecified atom stereocenters. The number of aliphatic hydroxyl groups excluding tert-OH is 2. The van der Waals surface area contributed by atoms with Crippen LogP contribution >= 0.6 is 0 Å². The highest BCUT2D eigenvalue weighted by atomic mass is 16.5. The van der Waals surface area contributed by atoms with Gasteiger partial charge < -0.3 is 19.7 Å². The summed E-state index contributed by atoms with van der Waals surface area (Å²) in [5.74, 6) is 2.53. The Morgan fingerprint density at radius 3 is 2.64 bits per heavy atom. The number of fused-ring (bicyclic) bond motifs is 1. The maximum atomic E-state index is 9.88. The fraction of sp³-hybridized carbons (Fsp3) is 0.541. The zero-order valence-corrected chi connectivity index (χ0v) is 25.4. The lowest BCUT2D eigenvalue weighted by atomic mass is 9.84. The van der Waals surface area contributed by atoms with E-state index in [-0.39, 0.29) is 6.61 Å². The van der Waals surface area contributed by atoms with E-state index < -0.39 is 0 Å². The zero-order valence-electron chi connectivity index (χ0n) is 25.4. The van der Waals surface area contributed by atoms with Gasteiger partial charge in [0.25, 0.3) is 0 Å². The quantitative estimate of drug-likeness (QED) is 0.334. The molecule has 2 heterocycles. The molecular formula is C37H47NO4. The van der Waals surface area contributed by atoms with E-state index in [4.69, 9.17) is 14.5 Å². The molecule has 1 saturated carbocycles. The third-order valence-corrected chi connectivity index (χ3v) is 9.36. The summed E-state index contributed by atoms with van der Waals surface area (Å²) in [5.41, 5.74) is 14.5. The van der Waals surface area contributed by atoms with E-state index in [1.165, 1.54) is 32.1 Å². The van der Waals surface area contributed by atoms with Crippen LogP contribution in [-0.2, 0) is 11.3 Å². The molecule has 1 saturated heterocycles. The molecule has 0 radical (unpaired) electrons. The first kappa shape index (κ1) is 30.5. The van der Waals surface area contributed by atoms with Crippen molar-refractivity contribution in [2.45, 2.75) is 77.7 Å². The van der Waals surface area contributed by atoms with Crippen LogP contribution in [0.25, 0.3) is 5.57 Å². The Hall–Kier alpha value is -2.91. The third kappa shape index (κ3) is 7.53. The lowest BCUT2D eigenvalue weighted by Crippen LogP contribution is -2.21. The molecule has 2 N–H and O–H groups in total. The van der Waals surface area contributed by atoms with Gasteiger partial charge in [0, 0.05) is 48.4 Å². The molecule has 224 valence electrons. The standard InChI is InChI=1S/C37H47NO4/c1-26-22-32(19-21-42-25-26)37-34-15-12-28(31-14-17-36(41-2)33(23-31)24-40)10-11-29(34)13-16-35(38-37)30-8-4-3-6-27(18-20-39)7-5-9-30/h10,12-15,17,23,26-27,30,32,39-40H,3-9,18-22,24-25H2,1-2H3/t26-,27?,30?,32?/m1/s1. The minimum absolute atomic E-state index is 0.0749. The molecule has 42 heavy (non-hydrogen) atoms. The van der Waals surface area contributed by atoms with Crippen LogP contribution in [0.15, 0.2) is 75.8 Å². The summed E-state index contributed by atoms with van der Waals surface area (Å²) in [4.78, 5) is 5.50. The highest BCUT2D eigenvalue weighted by Crippen LogP contribution is 2.36. The van der Waals surface area contributed by atoms with Crippen LogP contribution in [0.2, 0.25) is 0 Å². The topological polar surface area (TPSA) is 71.3 Å². The zero-order chi connectivity index (χ0) is 29.3. The van der Waals surface area contributed by atoms with Gasteiger partial charge in [-0.15, -0.1) is 5.73 Å². The van der Waals surface area contributed by atoms with Gasteiger partial charge in [-0.3, -0.25) is 0 Å². The molecule has 1 aromatic carbocycles. The maximum absolute atomic E-state index is 9.88. The largest absolute Gasteiger partial charge is 0.496 e. The Morgan fingerprint density at radius 2 is 1.81 bits per heavy atom. The molecule has 5 rings (SSSR count). The predicted molar refractivity (Wildman–Crippen MR) is 169 cm³/mol. The maximum Gasteiger partial charge on any atom is 0.124 e. The van der Waals surface area contributed by atoms with E-state index in [1.54, 1.807) is 7.11 Å². The van der Waals surface area contributed by atoms with Gasteiger partial charge in [-0.05, 0) is 79.4 Å². The van der Waals surface area contributed by atoms with E-state index in [0.717, 1.165) is 84.6 Å². The highest BCUT2D eigenvalue weighted by molar-refractivity contribution is 6.07. The summed E-state index contributed by atoms with van der Waals surface area (Å²) in [7, 11) is 1.63. The molecule has 0 aromatic heterocycles. The summed E-state index contributed by atoms with van der Waals surface area (Å²) in [6.07, 6.45) is 19.8. The van der Waals surface area contributed by atoms with Crippen molar-refractivity contribution in [3.63, 3.8) is 0 Å². The van der Waals surface area contributed by atoms with Crippen LogP contribution in [0.4, 0.5) is 0 Å². The summed E-state index contributed by atoms with van der Waals surface area (Å²) >= 11 is 0. The highest BCUT2D eigenvalue weighted by Gasteiger charge is 2.29. The number of nitrogens with zero attached hydrogens (tertiary/aromatic N) is 1. The molecule has 0 spiro atoms. The molecule has 2 aliphatic carbocycles. The number of allylic oxidation sites excluding steroid dienone is 6. The van der Waals surface area contributed by atoms with Crippen LogP contribution in [0.3, 0.4) is 0 Å². The number of rotatable bonds is 7. The summed E-state index contributed by atoms with van der Waals surface area (Å²) in [6.45, 7) is 4.07. The van der Waals surface area contributed by atoms with Gasteiger partial charge in [0.2, 0.25) is 0 Å². The van der Waals surface area contributed by atoms with Crippen molar-refractivity contribution in [2.24, 2.45) is 28.7 Å². The van der Waals surface area contributed by atoms with Gasteiger partial charge in [-0.1, -0.05) is 63.0 Å². The number of benzene rings is 1. The summed E-state index contributed by atoms with van der Waals surface area (Å²) in [6, 6.07) is 5.93. The fourth-order valence-electron chi connectivity index (χ4n) is 6.98. The Morgan fingerprint density at radius 1 is 0.976 bits per heavy atom. The first-order valence-corrected chi connectivity index (χ1v) is 16.0. The second-order valence-corrected chi connectivity index (χ2v) is 12.5. The Bertz CT molecular complexity index is 1340. The molecule has 4 aliphatic rings. The van der Waals surface area contributed by atoms with Crippen molar-refractivity contribution in [3.05, 3.63) is 81.9 Å². The van der Waals surface area contributed by atoms with Crippen molar-refractivity contribution in [2.75, 3.05) is 26.9 Å². The van der Waals surface area contributed by atoms with Crippen molar-refractivity contribution in [3.8, 4) is 5.75 Å². The SMILES string of the molecule is COc1ccc(C2=CC=C3C(=C=C2)C=C=C(C2CCCCC(CCO)CCC2)N=C3C2CCOC[C@H](C)C2)cc1CO. The van der Waals surface area contributed by atoms with Gasteiger partial charge in [0.1, 0.15) is 5.75 Å². The van der Waals surface area contributed by atoms with Crippen molar-refractivity contribution in [1.82, 2.24) is 0 Å². The van der Waals surface area contributed by atoms with E-state index >= 15 is 0 Å². The Balaban J connectivity index is 1.52. The Labute approximate surface area is 251 Å². The monoisotopic (exact) mass is 569 g/mol. The molecule has 5 nitrogen and oxygen atoms in total. The van der Waals surface area contributed by atoms with Crippen LogP contribution in [0.5, 0.6) is 5.75 Å². The Kier molecular flexibility index (Phi) is 10.9. The lowest BCUT2D eigenvalue weighted by molar-refractivity contribution is 0.120. The molecule has 2 aliphatic heterocycles. The van der Waals surface area contributed by atoms with Gasteiger partial charge in [-0.2, -0.15) is 0 Å². The molecule has 0 bridgehead atoms. The van der Waals surface area contributed by atoms with Gasteiger partial charge in [0.15, 0.2) is 0 Å². The summed E-state index contributed by atoms with van der Waals surface area (Å²) < 4.78 is 11.4. The number of hydrogen-bond donors (Lipinski definition) is 2. The minimum Gasteiger partial charge on any atom is -0.496 e. The average molecular weight is 570 g/mol. The van der Waals surface area contributed by atoms with Crippen LogP contribution in [-0.4, -0.2) is 42.9 Å². The second-order valence-electron chi connectivity index (χ2n) is 12.5. The third-order valence-electron chi connectivity index (χ3n) is 9.36. The van der Waals surface area contributed by atoms with Gasteiger partial charge >= 0.3 is 0 Å². The fourth-order valence-corrected chi connectivity index (χ4v) is 6.98. The number of ether oxygens (including phenoxy) is 2. The van der Waals surface area contributed by atoms with Crippen molar-refractivity contribution in [1.29, 1.82) is 0 Å². The smallest absolute Gasteiger partial charge is 0.124 e. The first-order chi connectivity index (χ1) is 20.6. The van der Waals surface area contributed by atoms with Gasteiger partial charge in [0.05, 0.1) is 25.1 Å². The van der Waals surface area contributed by atoms with Crippen LogP contribution in [0, 0.1) is 23.7 Å². The molecule has 0 amide bonds. The molecule has 5 heteroatoms. The molecule has 2 fully saturated rings. The summed E-state index contributed by atoms with van der Waals surface area (Å²) in [5, 5.41) is 19.4. The number of aliphatic hydroxyl groups is 2. The molecule has 4 atom stereocenters. The van der Waals surface area contributed by atoms with Crippen LogP contribution < -0.4 is 4.74 Å². The number of aliphatic imine (C=N–C) groups is 1. The number of methoxy groups -OCH3 is 1. The molecule has 1 aromatic rings. The van der Waals surface area contributed by atoms with E-state index in [9.17, 15) is 10.2 Å². The minimum atomic E-state index is -0.0749. The van der Waals surface area contributed by atoms with E-state index in [1.807, 2.05) is 24.3 Å². The van der Waals surface area contributed by atoms with Crippen molar-refractivity contribution >= 4 is 11.3 Å². The van der Waals surface area contributed by atoms with Crippen LogP contribution in [0.1, 0.15) is 82.3 Å². The normalized spacial score (nSPS) is 26.9. The lowest BCUT2D eigenvalue weighted by Gasteiger charge is -2.22. The van der Waals surface area contributed by atoms with E-state index in [0.29, 0.717) is 36.0 Å².